The Morgan fingerprint density at radius 1 is 1.24 bits per heavy atom. The highest BCUT2D eigenvalue weighted by molar-refractivity contribution is 5.58. The van der Waals surface area contributed by atoms with Crippen molar-refractivity contribution in [1.82, 2.24) is 9.97 Å². The summed E-state index contributed by atoms with van der Waals surface area (Å²) in [6, 6.07) is 0. The van der Waals surface area contributed by atoms with Gasteiger partial charge in [0.1, 0.15) is 18.0 Å². The van der Waals surface area contributed by atoms with Gasteiger partial charge in [0.05, 0.1) is 0 Å². The third-order valence-electron chi connectivity index (χ3n) is 3.32. The molecule has 0 saturated carbocycles. The van der Waals surface area contributed by atoms with Gasteiger partial charge in [0.25, 0.3) is 0 Å². The number of hydrazine groups is 1. The highest BCUT2D eigenvalue weighted by atomic mass is 15.3. The van der Waals surface area contributed by atoms with Gasteiger partial charge in [-0.15, -0.1) is 0 Å². The lowest BCUT2D eigenvalue weighted by Gasteiger charge is -2.24. The molecule has 1 fully saturated rings. The van der Waals surface area contributed by atoms with Crippen LogP contribution in [0.15, 0.2) is 6.33 Å². The van der Waals surface area contributed by atoms with E-state index in [-0.39, 0.29) is 0 Å². The van der Waals surface area contributed by atoms with Crippen LogP contribution >= 0.6 is 0 Å². The highest BCUT2D eigenvalue weighted by Gasteiger charge is 2.16. The van der Waals surface area contributed by atoms with Crippen molar-refractivity contribution < 1.29 is 0 Å². The minimum absolute atomic E-state index is 0.752. The first-order valence-electron chi connectivity index (χ1n) is 6.42. The van der Waals surface area contributed by atoms with Crippen LogP contribution in [-0.2, 0) is 6.42 Å². The summed E-state index contributed by atoms with van der Waals surface area (Å²) in [7, 11) is 0. The molecule has 94 valence electrons. The molecule has 0 spiro atoms. The minimum atomic E-state index is 0.752. The van der Waals surface area contributed by atoms with Gasteiger partial charge in [-0.3, -0.25) is 0 Å². The van der Waals surface area contributed by atoms with E-state index in [1.807, 2.05) is 0 Å². The average Bonchev–Trinajstić information content (AvgIpc) is 2.66. The van der Waals surface area contributed by atoms with Crippen molar-refractivity contribution in [3.05, 3.63) is 11.9 Å². The smallest absolute Gasteiger partial charge is 0.148 e. The molecular weight excluding hydrogens is 214 g/mol. The van der Waals surface area contributed by atoms with Crippen LogP contribution in [0.25, 0.3) is 0 Å². The zero-order chi connectivity index (χ0) is 12.1. The summed E-state index contributed by atoms with van der Waals surface area (Å²) in [5.41, 5.74) is 3.79. The normalized spacial score (nSPS) is 16.7. The maximum Gasteiger partial charge on any atom is 0.148 e. The summed E-state index contributed by atoms with van der Waals surface area (Å²) in [6.07, 6.45) is 7.63. The molecule has 1 aliphatic rings. The Labute approximate surface area is 102 Å². The van der Waals surface area contributed by atoms with Crippen molar-refractivity contribution in [2.75, 3.05) is 23.4 Å². The molecule has 2 rings (SSSR count). The SMILES string of the molecule is CCc1c(NN)ncnc1N1CCCCCC1. The van der Waals surface area contributed by atoms with Gasteiger partial charge in [-0.1, -0.05) is 19.8 Å². The average molecular weight is 235 g/mol. The molecule has 0 unspecified atom stereocenters. The van der Waals surface area contributed by atoms with Gasteiger partial charge in [0, 0.05) is 18.7 Å². The van der Waals surface area contributed by atoms with E-state index < -0.39 is 0 Å². The van der Waals surface area contributed by atoms with Crippen LogP contribution in [0.4, 0.5) is 11.6 Å². The van der Waals surface area contributed by atoms with Gasteiger partial charge < -0.3 is 10.3 Å². The molecule has 0 radical (unpaired) electrons. The molecule has 5 nitrogen and oxygen atoms in total. The Bertz CT molecular complexity index is 358. The summed E-state index contributed by atoms with van der Waals surface area (Å²) in [6.45, 7) is 4.29. The molecular formula is C12H21N5. The lowest BCUT2D eigenvalue weighted by molar-refractivity contribution is 0.726. The van der Waals surface area contributed by atoms with Crippen LogP contribution in [0, 0.1) is 0 Å². The molecule has 5 heteroatoms. The molecule has 0 aromatic carbocycles. The summed E-state index contributed by atoms with van der Waals surface area (Å²) in [4.78, 5) is 11.0. The van der Waals surface area contributed by atoms with E-state index in [9.17, 15) is 0 Å². The molecule has 1 saturated heterocycles. The first-order chi connectivity index (χ1) is 8.36. The number of aromatic nitrogens is 2. The van der Waals surface area contributed by atoms with E-state index in [1.54, 1.807) is 6.33 Å². The van der Waals surface area contributed by atoms with Crippen LogP contribution in [0.2, 0.25) is 0 Å². The van der Waals surface area contributed by atoms with E-state index in [0.717, 1.165) is 36.7 Å². The molecule has 2 heterocycles. The van der Waals surface area contributed by atoms with Gasteiger partial charge in [-0.25, -0.2) is 15.8 Å². The van der Waals surface area contributed by atoms with Crippen molar-refractivity contribution in [1.29, 1.82) is 0 Å². The van der Waals surface area contributed by atoms with Crippen LogP contribution in [0.1, 0.15) is 38.2 Å². The maximum absolute atomic E-state index is 5.50. The third-order valence-corrected chi connectivity index (χ3v) is 3.32. The Morgan fingerprint density at radius 3 is 2.53 bits per heavy atom. The van der Waals surface area contributed by atoms with Crippen LogP contribution < -0.4 is 16.2 Å². The molecule has 0 bridgehead atoms. The van der Waals surface area contributed by atoms with Gasteiger partial charge in [0.15, 0.2) is 0 Å². The number of nitrogen functional groups attached to an aromatic ring is 1. The summed E-state index contributed by atoms with van der Waals surface area (Å²) in [5, 5.41) is 0. The molecule has 1 aliphatic heterocycles. The second-order valence-electron chi connectivity index (χ2n) is 4.42. The predicted octanol–water partition coefficient (Wildman–Crippen LogP) is 1.70. The Morgan fingerprint density at radius 2 is 1.94 bits per heavy atom. The Hall–Kier alpha value is -1.36. The van der Waals surface area contributed by atoms with Gasteiger partial charge in [0.2, 0.25) is 0 Å². The number of anilines is 2. The first-order valence-corrected chi connectivity index (χ1v) is 6.42. The van der Waals surface area contributed by atoms with Crippen molar-refractivity contribution >= 4 is 11.6 Å². The number of nitrogens with zero attached hydrogens (tertiary/aromatic N) is 3. The first kappa shape index (κ1) is 12.1. The molecule has 0 atom stereocenters. The number of hydrogen-bond donors (Lipinski definition) is 2. The lowest BCUT2D eigenvalue weighted by Crippen LogP contribution is -2.27. The molecule has 17 heavy (non-hydrogen) atoms. The Balaban J connectivity index is 2.29. The summed E-state index contributed by atoms with van der Waals surface area (Å²) >= 11 is 0. The Kier molecular flexibility index (Phi) is 4.14. The molecule has 1 aromatic heterocycles. The predicted molar refractivity (Wildman–Crippen MR) is 69.9 cm³/mol. The van der Waals surface area contributed by atoms with E-state index in [4.69, 9.17) is 5.84 Å². The van der Waals surface area contributed by atoms with Crippen molar-refractivity contribution in [3.63, 3.8) is 0 Å². The maximum atomic E-state index is 5.50. The third kappa shape index (κ3) is 2.66. The topological polar surface area (TPSA) is 67.1 Å². The van der Waals surface area contributed by atoms with E-state index in [2.05, 4.69) is 27.2 Å². The monoisotopic (exact) mass is 235 g/mol. The number of nitrogens with one attached hydrogen (secondary N) is 1. The van der Waals surface area contributed by atoms with Crippen molar-refractivity contribution in [2.24, 2.45) is 5.84 Å². The van der Waals surface area contributed by atoms with Crippen molar-refractivity contribution in [2.45, 2.75) is 39.0 Å². The van der Waals surface area contributed by atoms with Gasteiger partial charge in [-0.2, -0.15) is 0 Å². The fraction of sp³-hybridized carbons (Fsp3) is 0.667. The van der Waals surface area contributed by atoms with Crippen LogP contribution in [-0.4, -0.2) is 23.1 Å². The van der Waals surface area contributed by atoms with Gasteiger partial charge >= 0.3 is 0 Å². The summed E-state index contributed by atoms with van der Waals surface area (Å²) in [5.74, 6) is 7.30. The quantitative estimate of drug-likeness (QED) is 0.616. The number of hydrogen-bond acceptors (Lipinski definition) is 5. The van der Waals surface area contributed by atoms with Crippen molar-refractivity contribution in [3.8, 4) is 0 Å². The van der Waals surface area contributed by atoms with Crippen LogP contribution in [0.3, 0.4) is 0 Å². The van der Waals surface area contributed by atoms with E-state index >= 15 is 0 Å². The second kappa shape index (κ2) is 5.82. The molecule has 3 N–H and O–H groups in total. The zero-order valence-electron chi connectivity index (χ0n) is 10.4. The molecule has 1 aromatic rings. The summed E-state index contributed by atoms with van der Waals surface area (Å²) < 4.78 is 0. The fourth-order valence-corrected chi connectivity index (χ4v) is 2.41. The minimum Gasteiger partial charge on any atom is -0.356 e. The van der Waals surface area contributed by atoms with E-state index in [0.29, 0.717) is 0 Å². The number of nitrogens with two attached hydrogens (primary N) is 1. The highest BCUT2D eigenvalue weighted by Crippen LogP contribution is 2.25. The lowest BCUT2D eigenvalue weighted by atomic mass is 10.2. The van der Waals surface area contributed by atoms with Crippen LogP contribution in [0.5, 0.6) is 0 Å². The number of rotatable bonds is 3. The standard InChI is InChI=1S/C12H21N5/c1-2-10-11(16-13)14-9-15-12(10)17-7-5-3-4-6-8-17/h9H,2-8,13H2,1H3,(H,14,15,16). The molecule has 0 aliphatic carbocycles. The largest absolute Gasteiger partial charge is 0.356 e. The zero-order valence-corrected chi connectivity index (χ0v) is 10.4. The van der Waals surface area contributed by atoms with E-state index in [1.165, 1.54) is 25.7 Å². The van der Waals surface area contributed by atoms with Gasteiger partial charge in [-0.05, 0) is 19.3 Å². The fourth-order valence-electron chi connectivity index (χ4n) is 2.41. The second-order valence-corrected chi connectivity index (χ2v) is 4.42. The molecule has 0 amide bonds.